The molecule has 0 aliphatic heterocycles. The van der Waals surface area contributed by atoms with Gasteiger partial charge in [0.15, 0.2) is 0 Å². The summed E-state index contributed by atoms with van der Waals surface area (Å²) in [5, 5.41) is 9.63. The first-order valence-electron chi connectivity index (χ1n) is 5.59. The standard InChI is InChI=1S/C13H21NO/c1-4-12(15)13(14)11-7-5-10(6-8-11)9(2)3/h5-9,12-13,15H,4,14H2,1-3H3/t12-,13+/m1/s1. The van der Waals surface area contributed by atoms with E-state index in [-0.39, 0.29) is 6.04 Å². The van der Waals surface area contributed by atoms with Crippen LogP contribution in [0.5, 0.6) is 0 Å². The lowest BCUT2D eigenvalue weighted by molar-refractivity contribution is 0.140. The highest BCUT2D eigenvalue weighted by Gasteiger charge is 2.14. The van der Waals surface area contributed by atoms with Gasteiger partial charge in [-0.3, -0.25) is 0 Å². The molecule has 0 fully saturated rings. The molecular weight excluding hydrogens is 186 g/mol. The maximum absolute atomic E-state index is 9.63. The van der Waals surface area contributed by atoms with Crippen LogP contribution in [0.1, 0.15) is 50.3 Å². The summed E-state index contributed by atoms with van der Waals surface area (Å²) in [5.74, 6) is 0.534. The van der Waals surface area contributed by atoms with Crippen molar-refractivity contribution in [1.82, 2.24) is 0 Å². The lowest BCUT2D eigenvalue weighted by Gasteiger charge is -2.18. The highest BCUT2D eigenvalue weighted by Crippen LogP contribution is 2.20. The second-order valence-electron chi connectivity index (χ2n) is 4.32. The van der Waals surface area contributed by atoms with E-state index in [0.717, 1.165) is 5.56 Å². The molecule has 0 aliphatic rings. The molecule has 0 spiro atoms. The lowest BCUT2D eigenvalue weighted by atomic mass is 9.96. The van der Waals surface area contributed by atoms with Gasteiger partial charge in [0, 0.05) is 0 Å². The minimum Gasteiger partial charge on any atom is -0.391 e. The van der Waals surface area contributed by atoms with Crippen LogP contribution >= 0.6 is 0 Å². The van der Waals surface area contributed by atoms with Gasteiger partial charge in [-0.2, -0.15) is 0 Å². The van der Waals surface area contributed by atoms with Crippen LogP contribution in [0.3, 0.4) is 0 Å². The zero-order valence-corrected chi connectivity index (χ0v) is 9.77. The largest absolute Gasteiger partial charge is 0.391 e. The fourth-order valence-corrected chi connectivity index (χ4v) is 1.58. The van der Waals surface area contributed by atoms with Crippen LogP contribution in [0.2, 0.25) is 0 Å². The summed E-state index contributed by atoms with van der Waals surface area (Å²) in [7, 11) is 0. The van der Waals surface area contributed by atoms with Crippen molar-refractivity contribution in [3.63, 3.8) is 0 Å². The fraction of sp³-hybridized carbons (Fsp3) is 0.538. The second-order valence-corrected chi connectivity index (χ2v) is 4.32. The molecular formula is C13H21NO. The number of hydrogen-bond donors (Lipinski definition) is 2. The molecule has 1 rings (SSSR count). The Morgan fingerprint density at radius 2 is 1.60 bits per heavy atom. The van der Waals surface area contributed by atoms with Crippen LogP contribution in [0.25, 0.3) is 0 Å². The summed E-state index contributed by atoms with van der Waals surface area (Å²) in [6.45, 7) is 6.26. The molecule has 0 amide bonds. The predicted molar refractivity (Wildman–Crippen MR) is 63.8 cm³/mol. The molecule has 0 saturated heterocycles. The van der Waals surface area contributed by atoms with Crippen molar-refractivity contribution in [2.75, 3.05) is 0 Å². The molecule has 0 radical (unpaired) electrons. The molecule has 3 N–H and O–H groups in total. The number of aliphatic hydroxyl groups is 1. The molecule has 15 heavy (non-hydrogen) atoms. The van der Waals surface area contributed by atoms with E-state index in [1.54, 1.807) is 0 Å². The maximum Gasteiger partial charge on any atom is 0.0730 e. The fourth-order valence-electron chi connectivity index (χ4n) is 1.58. The first kappa shape index (κ1) is 12.2. The summed E-state index contributed by atoms with van der Waals surface area (Å²) in [6, 6.07) is 7.93. The minimum atomic E-state index is -0.449. The predicted octanol–water partition coefficient (Wildman–Crippen LogP) is 2.58. The number of hydrogen-bond acceptors (Lipinski definition) is 2. The average Bonchev–Trinajstić information content (AvgIpc) is 2.27. The smallest absolute Gasteiger partial charge is 0.0730 e. The van der Waals surface area contributed by atoms with Crippen molar-refractivity contribution in [3.8, 4) is 0 Å². The van der Waals surface area contributed by atoms with Gasteiger partial charge in [0.2, 0.25) is 0 Å². The molecule has 2 heteroatoms. The second kappa shape index (κ2) is 5.29. The topological polar surface area (TPSA) is 46.2 Å². The van der Waals surface area contributed by atoms with Gasteiger partial charge in [-0.15, -0.1) is 0 Å². The first-order chi connectivity index (χ1) is 7.06. The maximum atomic E-state index is 9.63. The van der Waals surface area contributed by atoms with Gasteiger partial charge in [-0.25, -0.2) is 0 Å². The molecule has 0 aromatic heterocycles. The highest BCUT2D eigenvalue weighted by atomic mass is 16.3. The van der Waals surface area contributed by atoms with E-state index in [1.165, 1.54) is 5.56 Å². The molecule has 0 heterocycles. The summed E-state index contributed by atoms with van der Waals surface area (Å²) in [5.41, 5.74) is 8.24. The van der Waals surface area contributed by atoms with Crippen LogP contribution in [-0.4, -0.2) is 11.2 Å². The van der Waals surface area contributed by atoms with Crippen molar-refractivity contribution < 1.29 is 5.11 Å². The van der Waals surface area contributed by atoms with Crippen molar-refractivity contribution in [2.24, 2.45) is 5.73 Å². The Morgan fingerprint density at radius 1 is 1.13 bits per heavy atom. The third kappa shape index (κ3) is 3.05. The number of benzene rings is 1. The third-order valence-electron chi connectivity index (χ3n) is 2.82. The normalized spacial score (nSPS) is 15.3. The quantitative estimate of drug-likeness (QED) is 0.797. The van der Waals surface area contributed by atoms with Gasteiger partial charge in [0.05, 0.1) is 12.1 Å². The van der Waals surface area contributed by atoms with E-state index >= 15 is 0 Å². The average molecular weight is 207 g/mol. The SMILES string of the molecule is CC[C@@H](O)[C@@H](N)c1ccc(C(C)C)cc1. The Labute approximate surface area is 92.1 Å². The van der Waals surface area contributed by atoms with E-state index < -0.39 is 6.10 Å². The Bertz CT molecular complexity index is 292. The van der Waals surface area contributed by atoms with Gasteiger partial charge < -0.3 is 10.8 Å². The first-order valence-corrected chi connectivity index (χ1v) is 5.59. The van der Waals surface area contributed by atoms with Crippen LogP contribution in [0, 0.1) is 0 Å². The van der Waals surface area contributed by atoms with Crippen molar-refractivity contribution in [1.29, 1.82) is 0 Å². The summed E-state index contributed by atoms with van der Waals surface area (Å²) >= 11 is 0. The number of aliphatic hydroxyl groups excluding tert-OH is 1. The molecule has 0 unspecified atom stereocenters. The third-order valence-corrected chi connectivity index (χ3v) is 2.82. The molecule has 2 nitrogen and oxygen atoms in total. The molecule has 0 saturated carbocycles. The van der Waals surface area contributed by atoms with E-state index in [1.807, 2.05) is 19.1 Å². The molecule has 84 valence electrons. The van der Waals surface area contributed by atoms with Crippen LogP contribution < -0.4 is 5.73 Å². The molecule has 1 aromatic rings. The monoisotopic (exact) mass is 207 g/mol. The highest BCUT2D eigenvalue weighted by molar-refractivity contribution is 5.27. The van der Waals surface area contributed by atoms with Crippen molar-refractivity contribution in [3.05, 3.63) is 35.4 Å². The van der Waals surface area contributed by atoms with Crippen molar-refractivity contribution >= 4 is 0 Å². The molecule has 0 aliphatic carbocycles. The van der Waals surface area contributed by atoms with Gasteiger partial charge in [-0.1, -0.05) is 45.0 Å². The summed E-state index contributed by atoms with van der Waals surface area (Å²) in [6.07, 6.45) is 0.238. The summed E-state index contributed by atoms with van der Waals surface area (Å²) < 4.78 is 0. The van der Waals surface area contributed by atoms with Gasteiger partial charge in [0.25, 0.3) is 0 Å². The van der Waals surface area contributed by atoms with E-state index in [2.05, 4.69) is 26.0 Å². The zero-order chi connectivity index (χ0) is 11.4. The van der Waals surface area contributed by atoms with E-state index in [0.29, 0.717) is 12.3 Å². The van der Waals surface area contributed by atoms with Crippen LogP contribution in [-0.2, 0) is 0 Å². The molecule has 1 aromatic carbocycles. The molecule has 2 atom stereocenters. The van der Waals surface area contributed by atoms with Gasteiger partial charge in [0.1, 0.15) is 0 Å². The van der Waals surface area contributed by atoms with Gasteiger partial charge >= 0.3 is 0 Å². The Hall–Kier alpha value is -0.860. The lowest BCUT2D eigenvalue weighted by Crippen LogP contribution is -2.25. The number of rotatable bonds is 4. The Kier molecular flexibility index (Phi) is 4.30. The van der Waals surface area contributed by atoms with E-state index in [4.69, 9.17) is 5.73 Å². The van der Waals surface area contributed by atoms with E-state index in [9.17, 15) is 5.11 Å². The number of nitrogens with two attached hydrogens (primary N) is 1. The van der Waals surface area contributed by atoms with Gasteiger partial charge in [-0.05, 0) is 23.5 Å². The van der Waals surface area contributed by atoms with Crippen molar-refractivity contribution in [2.45, 2.75) is 45.3 Å². The molecule has 0 bridgehead atoms. The minimum absolute atomic E-state index is 0.267. The zero-order valence-electron chi connectivity index (χ0n) is 9.77. The Balaban J connectivity index is 2.79. The van der Waals surface area contributed by atoms with Crippen LogP contribution in [0.4, 0.5) is 0 Å². The van der Waals surface area contributed by atoms with Crippen LogP contribution in [0.15, 0.2) is 24.3 Å². The Morgan fingerprint density at radius 3 is 2.00 bits per heavy atom. The summed E-state index contributed by atoms with van der Waals surface area (Å²) in [4.78, 5) is 0.